The van der Waals surface area contributed by atoms with E-state index < -0.39 is 0 Å². The van der Waals surface area contributed by atoms with Crippen molar-refractivity contribution in [3.8, 4) is 0 Å². The van der Waals surface area contributed by atoms with Gasteiger partial charge in [-0.2, -0.15) is 11.8 Å². The van der Waals surface area contributed by atoms with Crippen molar-refractivity contribution in [2.24, 2.45) is 11.7 Å². The molecule has 0 heterocycles. The molecule has 2 unspecified atom stereocenters. The first kappa shape index (κ1) is 13.8. The molecule has 0 spiro atoms. The lowest BCUT2D eigenvalue weighted by Gasteiger charge is -2.30. The molecule has 1 fully saturated rings. The predicted molar refractivity (Wildman–Crippen MR) is 70.5 cm³/mol. The Labute approximate surface area is 103 Å². The van der Waals surface area contributed by atoms with E-state index in [0.29, 0.717) is 11.3 Å². The van der Waals surface area contributed by atoms with Crippen LogP contribution in [0.1, 0.15) is 39.5 Å². The van der Waals surface area contributed by atoms with Gasteiger partial charge >= 0.3 is 0 Å². The number of carbonyl (C=O) groups is 1. The molecule has 3 atom stereocenters. The molecule has 1 aliphatic rings. The molecule has 0 bridgehead atoms. The Bertz CT molecular complexity index is 233. The number of hydrogen-bond acceptors (Lipinski definition) is 3. The molecule has 94 valence electrons. The van der Waals surface area contributed by atoms with Crippen LogP contribution in [-0.4, -0.2) is 29.5 Å². The summed E-state index contributed by atoms with van der Waals surface area (Å²) in [5.74, 6) is 0.224. The van der Waals surface area contributed by atoms with Gasteiger partial charge in [0.1, 0.15) is 0 Å². The number of carbonyl (C=O) groups excluding carboxylic acids is 1. The number of hydrogen-bond donors (Lipinski definition) is 2. The maximum atomic E-state index is 11.8. The SMILES string of the molecule is CSC1CCCC(NC(=O)[C@@H](N)C(C)C)C1. The molecule has 16 heavy (non-hydrogen) atoms. The van der Waals surface area contributed by atoms with Crippen LogP contribution in [0, 0.1) is 5.92 Å². The molecule has 0 saturated heterocycles. The van der Waals surface area contributed by atoms with Gasteiger partial charge in [-0.3, -0.25) is 4.79 Å². The molecule has 3 N–H and O–H groups in total. The fourth-order valence-corrected chi connectivity index (χ4v) is 2.92. The number of thioether (sulfide) groups is 1. The Kier molecular flexibility index (Phi) is 5.62. The van der Waals surface area contributed by atoms with Gasteiger partial charge in [0.05, 0.1) is 6.04 Å². The summed E-state index contributed by atoms with van der Waals surface area (Å²) in [5, 5.41) is 3.79. The molecular formula is C12H24N2OS. The van der Waals surface area contributed by atoms with Crippen molar-refractivity contribution in [2.75, 3.05) is 6.26 Å². The van der Waals surface area contributed by atoms with Gasteiger partial charge in [0.25, 0.3) is 0 Å². The van der Waals surface area contributed by atoms with Crippen molar-refractivity contribution in [3.05, 3.63) is 0 Å². The molecule has 0 radical (unpaired) electrons. The standard InChI is InChI=1S/C12H24N2OS/c1-8(2)11(13)12(15)14-9-5-4-6-10(7-9)16-3/h8-11H,4-7,13H2,1-3H3,(H,14,15)/t9?,10?,11-/m0/s1. The molecule has 1 saturated carbocycles. The van der Waals surface area contributed by atoms with Gasteiger partial charge in [-0.25, -0.2) is 0 Å². The maximum absolute atomic E-state index is 11.8. The maximum Gasteiger partial charge on any atom is 0.237 e. The highest BCUT2D eigenvalue weighted by Crippen LogP contribution is 2.26. The molecule has 1 aliphatic carbocycles. The summed E-state index contributed by atoms with van der Waals surface area (Å²) in [4.78, 5) is 11.8. The van der Waals surface area contributed by atoms with Crippen LogP contribution < -0.4 is 11.1 Å². The fraction of sp³-hybridized carbons (Fsp3) is 0.917. The second kappa shape index (κ2) is 6.50. The van der Waals surface area contributed by atoms with Crippen LogP contribution in [-0.2, 0) is 4.79 Å². The van der Waals surface area contributed by atoms with E-state index in [1.165, 1.54) is 12.8 Å². The summed E-state index contributed by atoms with van der Waals surface area (Å²) in [6.45, 7) is 3.96. The molecule has 1 amide bonds. The molecule has 0 aliphatic heterocycles. The summed E-state index contributed by atoms with van der Waals surface area (Å²) in [5.41, 5.74) is 5.83. The second-order valence-corrected chi connectivity index (χ2v) is 6.14. The zero-order valence-corrected chi connectivity index (χ0v) is 11.3. The lowest BCUT2D eigenvalue weighted by Crippen LogP contribution is -2.49. The van der Waals surface area contributed by atoms with E-state index in [1.807, 2.05) is 25.6 Å². The highest BCUT2D eigenvalue weighted by molar-refractivity contribution is 7.99. The van der Waals surface area contributed by atoms with Crippen LogP contribution in [0.4, 0.5) is 0 Å². The smallest absolute Gasteiger partial charge is 0.237 e. The van der Waals surface area contributed by atoms with Crippen molar-refractivity contribution in [1.82, 2.24) is 5.32 Å². The lowest BCUT2D eigenvalue weighted by molar-refractivity contribution is -0.124. The second-order valence-electron chi connectivity index (χ2n) is 5.00. The minimum absolute atomic E-state index is 0.0155. The van der Waals surface area contributed by atoms with Gasteiger partial charge in [-0.1, -0.05) is 20.3 Å². The van der Waals surface area contributed by atoms with Gasteiger partial charge in [0.15, 0.2) is 0 Å². The molecular weight excluding hydrogens is 220 g/mol. The fourth-order valence-electron chi connectivity index (χ4n) is 2.09. The highest BCUT2D eigenvalue weighted by atomic mass is 32.2. The highest BCUT2D eigenvalue weighted by Gasteiger charge is 2.25. The normalized spacial score (nSPS) is 27.8. The lowest BCUT2D eigenvalue weighted by atomic mass is 9.94. The molecule has 0 aromatic heterocycles. The monoisotopic (exact) mass is 244 g/mol. The first-order chi connectivity index (χ1) is 7.54. The number of nitrogens with one attached hydrogen (secondary N) is 1. The van der Waals surface area contributed by atoms with Gasteiger partial charge in [-0.15, -0.1) is 0 Å². The topological polar surface area (TPSA) is 55.1 Å². The summed E-state index contributed by atoms with van der Waals surface area (Å²) >= 11 is 1.91. The van der Waals surface area contributed by atoms with E-state index in [4.69, 9.17) is 5.73 Å². The minimum Gasteiger partial charge on any atom is -0.352 e. The van der Waals surface area contributed by atoms with Crippen molar-refractivity contribution in [2.45, 2.75) is 56.9 Å². The summed E-state index contributed by atoms with van der Waals surface area (Å²) in [6.07, 6.45) is 6.84. The summed E-state index contributed by atoms with van der Waals surface area (Å²) in [6, 6.07) is -0.0295. The largest absolute Gasteiger partial charge is 0.352 e. The molecule has 1 rings (SSSR count). The van der Waals surface area contributed by atoms with Crippen molar-refractivity contribution < 1.29 is 4.79 Å². The average molecular weight is 244 g/mol. The minimum atomic E-state index is -0.366. The summed E-state index contributed by atoms with van der Waals surface area (Å²) in [7, 11) is 0. The molecule has 3 nitrogen and oxygen atoms in total. The van der Waals surface area contributed by atoms with Crippen LogP contribution in [0.2, 0.25) is 0 Å². The van der Waals surface area contributed by atoms with Gasteiger partial charge in [-0.05, 0) is 31.4 Å². The summed E-state index contributed by atoms with van der Waals surface area (Å²) < 4.78 is 0. The van der Waals surface area contributed by atoms with Crippen LogP contribution >= 0.6 is 11.8 Å². The predicted octanol–water partition coefficient (Wildman–Crippen LogP) is 1.76. The molecule has 0 aromatic carbocycles. The zero-order chi connectivity index (χ0) is 12.1. The Morgan fingerprint density at radius 2 is 2.12 bits per heavy atom. The van der Waals surface area contributed by atoms with Crippen LogP contribution in [0.15, 0.2) is 0 Å². The van der Waals surface area contributed by atoms with E-state index in [-0.39, 0.29) is 17.9 Å². The van der Waals surface area contributed by atoms with Crippen LogP contribution in [0.3, 0.4) is 0 Å². The third-order valence-corrected chi connectivity index (χ3v) is 4.42. The number of rotatable bonds is 4. The molecule has 4 heteroatoms. The quantitative estimate of drug-likeness (QED) is 0.792. The Morgan fingerprint density at radius 1 is 1.44 bits per heavy atom. The van der Waals surface area contributed by atoms with Gasteiger partial charge < -0.3 is 11.1 Å². The Morgan fingerprint density at radius 3 is 2.69 bits per heavy atom. The Hall–Kier alpha value is -0.220. The van der Waals surface area contributed by atoms with Crippen molar-refractivity contribution in [3.63, 3.8) is 0 Å². The van der Waals surface area contributed by atoms with Crippen LogP contribution in [0.25, 0.3) is 0 Å². The number of amides is 1. The van der Waals surface area contributed by atoms with Crippen molar-refractivity contribution in [1.29, 1.82) is 0 Å². The van der Waals surface area contributed by atoms with Crippen molar-refractivity contribution >= 4 is 17.7 Å². The first-order valence-corrected chi connectivity index (χ1v) is 7.42. The van der Waals surface area contributed by atoms with Gasteiger partial charge in [0.2, 0.25) is 5.91 Å². The van der Waals surface area contributed by atoms with E-state index in [9.17, 15) is 4.79 Å². The average Bonchev–Trinajstić information content (AvgIpc) is 2.28. The van der Waals surface area contributed by atoms with Crippen LogP contribution in [0.5, 0.6) is 0 Å². The molecule has 0 aromatic rings. The van der Waals surface area contributed by atoms with E-state index in [1.54, 1.807) is 0 Å². The van der Waals surface area contributed by atoms with E-state index in [2.05, 4.69) is 11.6 Å². The third kappa shape index (κ3) is 3.98. The third-order valence-electron chi connectivity index (χ3n) is 3.33. The Balaban J connectivity index is 2.38. The number of nitrogens with two attached hydrogens (primary N) is 1. The van der Waals surface area contributed by atoms with E-state index >= 15 is 0 Å². The van der Waals surface area contributed by atoms with Gasteiger partial charge in [0, 0.05) is 11.3 Å². The zero-order valence-electron chi connectivity index (χ0n) is 10.5. The van der Waals surface area contributed by atoms with E-state index in [0.717, 1.165) is 12.8 Å². The first-order valence-electron chi connectivity index (χ1n) is 6.13.